The van der Waals surface area contributed by atoms with Crippen LogP contribution < -0.4 is 0 Å². The molecule has 0 radical (unpaired) electrons. The fraction of sp³-hybridized carbons (Fsp3) is 0.571. The molecule has 110 valence electrons. The second-order valence-electron chi connectivity index (χ2n) is 5.91. The van der Waals surface area contributed by atoms with Crippen molar-refractivity contribution in [2.45, 2.75) is 38.1 Å². The lowest BCUT2D eigenvalue weighted by Gasteiger charge is -2.14. The molecule has 3 heterocycles. The molecule has 1 saturated heterocycles. The number of rotatable bonds is 3. The van der Waals surface area contributed by atoms with E-state index in [2.05, 4.69) is 20.9 Å². The van der Waals surface area contributed by atoms with Crippen LogP contribution in [0.25, 0.3) is 0 Å². The van der Waals surface area contributed by atoms with Crippen molar-refractivity contribution in [2.75, 3.05) is 13.1 Å². The van der Waals surface area contributed by atoms with Gasteiger partial charge in [0.2, 0.25) is 0 Å². The Hall–Kier alpha value is -1.76. The molecule has 0 aromatic carbocycles. The zero-order chi connectivity index (χ0) is 14.4. The van der Waals surface area contributed by atoms with E-state index < -0.39 is 0 Å². The smallest absolute Gasteiger partial charge is 0.273 e. The third-order valence-corrected chi connectivity index (χ3v) is 4.89. The molecule has 1 aliphatic heterocycles. The number of amides is 1. The van der Waals surface area contributed by atoms with Crippen molar-refractivity contribution in [2.24, 2.45) is 0 Å². The number of hydrogen-bond acceptors (Lipinski definition) is 5. The monoisotopic (exact) mass is 303 g/mol. The second kappa shape index (κ2) is 4.91. The van der Waals surface area contributed by atoms with E-state index in [1.165, 1.54) is 24.4 Å². The van der Waals surface area contributed by atoms with Crippen molar-refractivity contribution in [1.82, 2.24) is 24.3 Å². The summed E-state index contributed by atoms with van der Waals surface area (Å²) in [6.07, 6.45) is 5.46. The van der Waals surface area contributed by atoms with Crippen LogP contribution in [0.2, 0.25) is 0 Å². The van der Waals surface area contributed by atoms with Crippen molar-refractivity contribution < 1.29 is 4.79 Å². The summed E-state index contributed by atoms with van der Waals surface area (Å²) in [7, 11) is 0. The SMILES string of the molecule is Cc1cc(C(=O)N2CCC(n3cc(C4CC4)nn3)C2)ns1. The molecule has 1 atom stereocenters. The standard InChI is InChI=1S/C14H17N5OS/c1-9-6-12(16-21-9)14(20)18-5-4-11(7-18)19-8-13(15-17-19)10-2-3-10/h6,8,10-11H,2-5,7H2,1H3. The molecule has 6 nitrogen and oxygen atoms in total. The Labute approximate surface area is 126 Å². The van der Waals surface area contributed by atoms with Gasteiger partial charge in [0.25, 0.3) is 5.91 Å². The van der Waals surface area contributed by atoms with Gasteiger partial charge in [-0.1, -0.05) is 5.21 Å². The molecule has 1 saturated carbocycles. The number of carbonyl (C=O) groups excluding carboxylic acids is 1. The predicted molar refractivity (Wildman–Crippen MR) is 78.4 cm³/mol. The zero-order valence-electron chi connectivity index (χ0n) is 11.9. The summed E-state index contributed by atoms with van der Waals surface area (Å²) in [6.45, 7) is 3.43. The van der Waals surface area contributed by atoms with Gasteiger partial charge >= 0.3 is 0 Å². The first kappa shape index (κ1) is 12.9. The van der Waals surface area contributed by atoms with Gasteiger partial charge in [0.05, 0.1) is 11.7 Å². The molecule has 2 aliphatic rings. The molecule has 21 heavy (non-hydrogen) atoms. The van der Waals surface area contributed by atoms with Gasteiger partial charge < -0.3 is 4.90 Å². The molecule has 0 bridgehead atoms. The first-order valence-corrected chi connectivity index (χ1v) is 8.12. The predicted octanol–water partition coefficient (Wildman–Crippen LogP) is 2.01. The van der Waals surface area contributed by atoms with Crippen molar-refractivity contribution >= 4 is 17.4 Å². The van der Waals surface area contributed by atoms with Crippen LogP contribution in [0.4, 0.5) is 0 Å². The molecule has 7 heteroatoms. The summed E-state index contributed by atoms with van der Waals surface area (Å²) in [5, 5.41) is 8.50. The Morgan fingerprint density at radius 3 is 2.95 bits per heavy atom. The van der Waals surface area contributed by atoms with E-state index in [4.69, 9.17) is 0 Å². The van der Waals surface area contributed by atoms with Gasteiger partial charge in [0.15, 0.2) is 0 Å². The minimum Gasteiger partial charge on any atom is -0.335 e. The normalized spacial score (nSPS) is 22.0. The van der Waals surface area contributed by atoms with Crippen molar-refractivity contribution in [1.29, 1.82) is 0 Å². The number of nitrogens with zero attached hydrogens (tertiary/aromatic N) is 5. The Morgan fingerprint density at radius 2 is 2.24 bits per heavy atom. The minimum atomic E-state index is 0.0318. The Kier molecular flexibility index (Phi) is 3.02. The van der Waals surface area contributed by atoms with Crippen LogP contribution in [0, 0.1) is 6.92 Å². The van der Waals surface area contributed by atoms with Crippen LogP contribution >= 0.6 is 11.5 Å². The number of carbonyl (C=O) groups is 1. The molecular formula is C14H17N5OS. The van der Waals surface area contributed by atoms with E-state index in [0.717, 1.165) is 23.5 Å². The van der Waals surface area contributed by atoms with Crippen LogP contribution in [0.15, 0.2) is 12.3 Å². The van der Waals surface area contributed by atoms with E-state index in [0.29, 0.717) is 18.2 Å². The van der Waals surface area contributed by atoms with Gasteiger partial charge in [0, 0.05) is 30.1 Å². The highest BCUT2D eigenvalue weighted by molar-refractivity contribution is 7.05. The van der Waals surface area contributed by atoms with Crippen LogP contribution in [-0.2, 0) is 0 Å². The lowest BCUT2D eigenvalue weighted by molar-refractivity contribution is 0.0782. The zero-order valence-corrected chi connectivity index (χ0v) is 12.7. The topological polar surface area (TPSA) is 63.9 Å². The molecular weight excluding hydrogens is 286 g/mol. The minimum absolute atomic E-state index is 0.0318. The maximum Gasteiger partial charge on any atom is 0.273 e. The number of aromatic nitrogens is 4. The average molecular weight is 303 g/mol. The van der Waals surface area contributed by atoms with Gasteiger partial charge in [-0.05, 0) is 43.8 Å². The maximum absolute atomic E-state index is 12.4. The van der Waals surface area contributed by atoms with Crippen molar-refractivity contribution in [3.8, 4) is 0 Å². The van der Waals surface area contributed by atoms with E-state index in [9.17, 15) is 4.79 Å². The quantitative estimate of drug-likeness (QED) is 0.870. The molecule has 1 unspecified atom stereocenters. The summed E-state index contributed by atoms with van der Waals surface area (Å²) in [5.74, 6) is 0.653. The van der Waals surface area contributed by atoms with E-state index >= 15 is 0 Å². The summed E-state index contributed by atoms with van der Waals surface area (Å²) in [6, 6.07) is 2.11. The molecule has 4 rings (SSSR count). The van der Waals surface area contributed by atoms with E-state index in [1.54, 1.807) is 0 Å². The molecule has 2 fully saturated rings. The summed E-state index contributed by atoms with van der Waals surface area (Å²) in [5.41, 5.74) is 1.67. The van der Waals surface area contributed by atoms with E-state index in [-0.39, 0.29) is 11.9 Å². The van der Waals surface area contributed by atoms with Crippen LogP contribution in [0.3, 0.4) is 0 Å². The van der Waals surface area contributed by atoms with Gasteiger partial charge in [-0.3, -0.25) is 4.79 Å². The second-order valence-corrected chi connectivity index (χ2v) is 6.92. The van der Waals surface area contributed by atoms with Crippen LogP contribution in [0.5, 0.6) is 0 Å². The average Bonchev–Trinajstić information content (AvgIpc) is 2.94. The van der Waals surface area contributed by atoms with Crippen LogP contribution in [-0.4, -0.2) is 43.3 Å². The highest BCUT2D eigenvalue weighted by Gasteiger charge is 2.32. The molecule has 2 aromatic rings. The summed E-state index contributed by atoms with van der Waals surface area (Å²) >= 11 is 1.38. The number of aryl methyl sites for hydroxylation is 1. The Balaban J connectivity index is 1.45. The van der Waals surface area contributed by atoms with Gasteiger partial charge in [-0.25, -0.2) is 4.68 Å². The molecule has 0 spiro atoms. The highest BCUT2D eigenvalue weighted by atomic mass is 32.1. The summed E-state index contributed by atoms with van der Waals surface area (Å²) < 4.78 is 6.15. The third-order valence-electron chi connectivity index (χ3n) is 4.20. The lowest BCUT2D eigenvalue weighted by Crippen LogP contribution is -2.29. The maximum atomic E-state index is 12.4. The lowest BCUT2D eigenvalue weighted by atomic mass is 10.2. The summed E-state index contributed by atoms with van der Waals surface area (Å²) in [4.78, 5) is 15.3. The van der Waals surface area contributed by atoms with Crippen LogP contribution in [0.1, 0.15) is 52.3 Å². The van der Waals surface area contributed by atoms with E-state index in [1.807, 2.05) is 22.6 Å². The van der Waals surface area contributed by atoms with Gasteiger partial charge in [0.1, 0.15) is 5.69 Å². The Bertz CT molecular complexity index is 674. The van der Waals surface area contributed by atoms with Crippen molar-refractivity contribution in [3.05, 3.63) is 28.5 Å². The Morgan fingerprint density at radius 1 is 1.38 bits per heavy atom. The van der Waals surface area contributed by atoms with Crippen molar-refractivity contribution in [3.63, 3.8) is 0 Å². The van der Waals surface area contributed by atoms with Gasteiger partial charge in [-0.2, -0.15) is 4.37 Å². The number of hydrogen-bond donors (Lipinski definition) is 0. The fourth-order valence-electron chi connectivity index (χ4n) is 2.81. The third kappa shape index (κ3) is 2.46. The number of likely N-dealkylation sites (tertiary alicyclic amines) is 1. The first-order chi connectivity index (χ1) is 10.2. The molecule has 1 amide bonds. The largest absolute Gasteiger partial charge is 0.335 e. The fourth-order valence-corrected chi connectivity index (χ4v) is 3.34. The molecule has 2 aromatic heterocycles. The first-order valence-electron chi connectivity index (χ1n) is 7.35. The molecule has 1 aliphatic carbocycles. The molecule has 0 N–H and O–H groups in total. The highest BCUT2D eigenvalue weighted by Crippen LogP contribution is 2.39. The van der Waals surface area contributed by atoms with Gasteiger partial charge in [-0.15, -0.1) is 5.10 Å².